The highest BCUT2D eigenvalue weighted by Gasteiger charge is 2.32. The zero-order valence-corrected chi connectivity index (χ0v) is 28.7. The summed E-state index contributed by atoms with van der Waals surface area (Å²) in [5, 5.41) is 16.5. The molecule has 2 aromatic carbocycles. The minimum Gasteiger partial charge on any atom is -0.481 e. The molecule has 11 nitrogen and oxygen atoms in total. The lowest BCUT2D eigenvalue weighted by atomic mass is 9.97. The highest BCUT2D eigenvalue weighted by Crippen LogP contribution is 2.42. The molecule has 2 aliphatic heterocycles. The van der Waals surface area contributed by atoms with E-state index in [1.165, 1.54) is 10.5 Å². The molecule has 0 radical (unpaired) electrons. The Balaban J connectivity index is 1.14. The van der Waals surface area contributed by atoms with Crippen molar-refractivity contribution in [3.8, 4) is 39.4 Å². The first-order chi connectivity index (χ1) is 24.2. The Kier molecular flexibility index (Phi) is 9.56. The van der Waals surface area contributed by atoms with Crippen LogP contribution in [0.15, 0.2) is 77.7 Å². The van der Waals surface area contributed by atoms with Gasteiger partial charge in [0.25, 0.3) is 5.56 Å². The van der Waals surface area contributed by atoms with Crippen LogP contribution in [0.2, 0.25) is 10.0 Å². The molecule has 5 heterocycles. The molecule has 0 spiro atoms. The average molecular weight is 714 g/mol. The number of rotatable bonds is 11. The molecule has 0 bridgehead atoms. The fourth-order valence-electron chi connectivity index (χ4n) is 6.53. The number of pyridine rings is 2. The fourth-order valence-corrected chi connectivity index (χ4v) is 7.19. The second kappa shape index (κ2) is 14.2. The highest BCUT2D eigenvalue weighted by molar-refractivity contribution is 6.39. The van der Waals surface area contributed by atoms with Crippen molar-refractivity contribution in [1.82, 2.24) is 29.9 Å². The van der Waals surface area contributed by atoms with E-state index in [0.29, 0.717) is 72.1 Å². The summed E-state index contributed by atoms with van der Waals surface area (Å²) < 4.78 is 7.11. The van der Waals surface area contributed by atoms with E-state index in [-0.39, 0.29) is 17.5 Å². The number of aliphatic carboxylic acids is 1. The molecule has 1 amide bonds. The molecule has 0 saturated carbocycles. The van der Waals surface area contributed by atoms with Gasteiger partial charge in [-0.1, -0.05) is 65.7 Å². The Morgan fingerprint density at radius 1 is 0.980 bits per heavy atom. The Bertz CT molecular complexity index is 2180. The molecule has 50 heavy (non-hydrogen) atoms. The highest BCUT2D eigenvalue weighted by atomic mass is 35.5. The van der Waals surface area contributed by atoms with Gasteiger partial charge in [0, 0.05) is 85.3 Å². The number of carbonyl (C=O) groups excluding carboxylic acids is 1. The fraction of sp³-hybridized carbons (Fsp3) is 0.270. The molecule has 5 aromatic rings. The van der Waals surface area contributed by atoms with Crippen molar-refractivity contribution in [2.45, 2.75) is 32.0 Å². The number of methoxy groups -OCH3 is 1. The maximum atomic E-state index is 12.9. The molecule has 3 N–H and O–H groups in total. The molecule has 7 rings (SSSR count). The number of halogens is 2. The van der Waals surface area contributed by atoms with Crippen molar-refractivity contribution in [2.75, 3.05) is 26.7 Å². The third-order valence-electron chi connectivity index (χ3n) is 9.21. The molecule has 13 heteroatoms. The summed E-state index contributed by atoms with van der Waals surface area (Å²) in [4.78, 5) is 47.1. The largest absolute Gasteiger partial charge is 0.481 e. The third-order valence-corrected chi connectivity index (χ3v) is 10.0. The minimum absolute atomic E-state index is 0.0870. The molecule has 2 fully saturated rings. The number of hydrogen-bond acceptors (Lipinski definition) is 8. The average Bonchev–Trinajstić information content (AvgIpc) is 3.51. The van der Waals surface area contributed by atoms with Gasteiger partial charge < -0.3 is 20.5 Å². The van der Waals surface area contributed by atoms with Crippen LogP contribution in [0.25, 0.3) is 39.2 Å². The number of fused-ring (bicyclic) bond motifs is 1. The summed E-state index contributed by atoms with van der Waals surface area (Å²) in [5.74, 6) is -0.635. The van der Waals surface area contributed by atoms with Gasteiger partial charge in [0.2, 0.25) is 11.8 Å². The molecule has 0 unspecified atom stereocenters. The van der Waals surface area contributed by atoms with Gasteiger partial charge in [-0.15, -0.1) is 0 Å². The van der Waals surface area contributed by atoms with Crippen LogP contribution in [0.1, 0.15) is 24.1 Å². The first-order valence-electron chi connectivity index (χ1n) is 16.3. The van der Waals surface area contributed by atoms with Gasteiger partial charge in [0.15, 0.2) is 0 Å². The summed E-state index contributed by atoms with van der Waals surface area (Å²) >= 11 is 14.2. The van der Waals surface area contributed by atoms with Crippen molar-refractivity contribution in [2.24, 2.45) is 5.92 Å². The van der Waals surface area contributed by atoms with E-state index in [2.05, 4.69) is 10.6 Å². The Morgan fingerprint density at radius 3 is 2.40 bits per heavy atom. The van der Waals surface area contributed by atoms with Gasteiger partial charge in [-0.2, -0.15) is 0 Å². The molecule has 0 aliphatic carbocycles. The number of carbonyl (C=O) groups is 2. The lowest BCUT2D eigenvalue weighted by Crippen LogP contribution is -2.49. The van der Waals surface area contributed by atoms with Crippen LogP contribution >= 0.6 is 23.2 Å². The Labute approximate surface area is 297 Å². The van der Waals surface area contributed by atoms with Crippen molar-refractivity contribution in [1.29, 1.82) is 0 Å². The van der Waals surface area contributed by atoms with E-state index in [4.69, 9.17) is 37.9 Å². The van der Waals surface area contributed by atoms with Gasteiger partial charge in [0.05, 0.1) is 34.5 Å². The predicted octanol–water partition coefficient (Wildman–Crippen LogP) is 5.29. The van der Waals surface area contributed by atoms with Gasteiger partial charge in [-0.25, -0.2) is 9.97 Å². The second-order valence-electron chi connectivity index (χ2n) is 12.6. The number of likely N-dealkylation sites (tertiary alicyclic amines) is 1. The summed E-state index contributed by atoms with van der Waals surface area (Å²) in [6, 6.07) is 20.6. The number of carboxylic acid groups (broad SMARTS) is 1. The number of amides is 1. The normalized spacial score (nSPS) is 16.4. The van der Waals surface area contributed by atoms with E-state index < -0.39 is 11.9 Å². The third kappa shape index (κ3) is 6.82. The standard InChI is InChI=1S/C37H34Cl2N6O5/c1-50-36-22(16-40-17-24-9-11-32(46)42-24)8-10-30(43-36)29-7-3-6-28(35(29)39)27-5-2-4-26(34(27)38)21-12-13-45-31(14-21)41-25(15-33(45)47)20-44-18-23(19-44)37(48)49/h2-8,10,12-15,23-24,40H,9,11,16-20H2,1H3,(H,42,46)(H,48,49)/t24-/m1/s1. The number of ether oxygens (including phenoxy) is 1. The lowest BCUT2D eigenvalue weighted by Gasteiger charge is -2.36. The molecule has 2 aliphatic rings. The molecular weight excluding hydrogens is 679 g/mol. The van der Waals surface area contributed by atoms with E-state index in [1.54, 1.807) is 13.3 Å². The number of benzene rings is 2. The van der Waals surface area contributed by atoms with Crippen molar-refractivity contribution in [3.63, 3.8) is 0 Å². The smallest absolute Gasteiger partial charge is 0.309 e. The SMILES string of the molecule is COc1nc(-c2cccc(-c3cccc(-c4ccn5c(=O)cc(CN6CC(C(=O)O)C6)nc5c4)c3Cl)c2Cl)ccc1CNC[C@H]1CCC(=O)N1. The lowest BCUT2D eigenvalue weighted by molar-refractivity contribution is -0.147. The maximum Gasteiger partial charge on any atom is 0.309 e. The van der Waals surface area contributed by atoms with Crippen LogP contribution in [0, 0.1) is 5.92 Å². The number of nitrogens with one attached hydrogen (secondary N) is 2. The van der Waals surface area contributed by atoms with Crippen molar-refractivity contribution >= 4 is 40.7 Å². The van der Waals surface area contributed by atoms with Gasteiger partial charge in [0.1, 0.15) is 5.65 Å². The van der Waals surface area contributed by atoms with E-state index in [0.717, 1.165) is 39.8 Å². The summed E-state index contributed by atoms with van der Waals surface area (Å²) in [6.45, 7) is 2.45. The number of nitrogens with zero attached hydrogens (tertiary/aromatic N) is 4. The number of aromatic nitrogens is 3. The zero-order valence-electron chi connectivity index (χ0n) is 27.2. The Morgan fingerprint density at radius 2 is 1.70 bits per heavy atom. The molecular formula is C37H34Cl2N6O5. The minimum atomic E-state index is -0.812. The van der Waals surface area contributed by atoms with Crippen LogP contribution in [-0.2, 0) is 22.7 Å². The van der Waals surface area contributed by atoms with E-state index in [1.807, 2.05) is 65.6 Å². The molecule has 2 saturated heterocycles. The van der Waals surface area contributed by atoms with Crippen LogP contribution in [0.5, 0.6) is 5.88 Å². The predicted molar refractivity (Wildman–Crippen MR) is 191 cm³/mol. The topological polar surface area (TPSA) is 138 Å². The summed E-state index contributed by atoms with van der Waals surface area (Å²) in [6.07, 6.45) is 3.06. The second-order valence-corrected chi connectivity index (χ2v) is 13.3. The maximum absolute atomic E-state index is 12.9. The first-order valence-corrected chi connectivity index (χ1v) is 17.0. The van der Waals surface area contributed by atoms with Gasteiger partial charge >= 0.3 is 5.97 Å². The Hall–Kier alpha value is -4.81. The monoisotopic (exact) mass is 712 g/mol. The summed E-state index contributed by atoms with van der Waals surface area (Å²) in [7, 11) is 1.58. The summed E-state index contributed by atoms with van der Waals surface area (Å²) in [5.41, 5.74) is 6.04. The van der Waals surface area contributed by atoms with Crippen LogP contribution < -0.4 is 20.9 Å². The molecule has 1 atom stereocenters. The zero-order chi connectivity index (χ0) is 34.9. The van der Waals surface area contributed by atoms with E-state index >= 15 is 0 Å². The quantitative estimate of drug-likeness (QED) is 0.167. The molecule has 256 valence electrons. The van der Waals surface area contributed by atoms with E-state index in [9.17, 15) is 19.5 Å². The van der Waals surface area contributed by atoms with Crippen LogP contribution in [-0.4, -0.2) is 69.0 Å². The van der Waals surface area contributed by atoms with Crippen molar-refractivity contribution < 1.29 is 19.4 Å². The molecule has 3 aromatic heterocycles. The van der Waals surface area contributed by atoms with Crippen LogP contribution in [0.3, 0.4) is 0 Å². The van der Waals surface area contributed by atoms with Gasteiger partial charge in [-0.05, 0) is 30.2 Å². The van der Waals surface area contributed by atoms with Crippen molar-refractivity contribution in [3.05, 3.63) is 105 Å². The number of carboxylic acids is 1. The van der Waals surface area contributed by atoms with Crippen LogP contribution in [0.4, 0.5) is 0 Å². The van der Waals surface area contributed by atoms with Gasteiger partial charge in [-0.3, -0.25) is 23.7 Å². The first kappa shape index (κ1) is 33.7. The number of hydrogen-bond donors (Lipinski definition) is 3.